The molecule has 108 valence electrons. The predicted octanol–water partition coefficient (Wildman–Crippen LogP) is 1.35. The minimum Gasteiger partial charge on any atom is -0.324 e. The Morgan fingerprint density at radius 2 is 2.24 bits per heavy atom. The van der Waals surface area contributed by atoms with Gasteiger partial charge in [0.05, 0.1) is 17.3 Å². The van der Waals surface area contributed by atoms with E-state index in [4.69, 9.17) is 0 Å². The lowest BCUT2D eigenvalue weighted by atomic mass is 9.88. The van der Waals surface area contributed by atoms with E-state index in [1.54, 1.807) is 11.0 Å². The molecule has 6 heteroatoms. The molecule has 1 aromatic heterocycles. The summed E-state index contributed by atoms with van der Waals surface area (Å²) >= 11 is 0. The number of carbonyl (C=O) groups excluding carboxylic acids is 1. The first-order valence-corrected chi connectivity index (χ1v) is 7.32. The van der Waals surface area contributed by atoms with Crippen molar-refractivity contribution in [3.05, 3.63) is 36.9 Å². The van der Waals surface area contributed by atoms with Crippen molar-refractivity contribution < 1.29 is 4.79 Å². The zero-order valence-corrected chi connectivity index (χ0v) is 11.6. The van der Waals surface area contributed by atoms with Crippen LogP contribution in [-0.4, -0.2) is 32.8 Å². The average molecular weight is 283 g/mol. The van der Waals surface area contributed by atoms with E-state index in [2.05, 4.69) is 20.7 Å². The summed E-state index contributed by atoms with van der Waals surface area (Å²) in [5, 5.41) is 10.7. The Labute approximate surface area is 122 Å². The van der Waals surface area contributed by atoms with Crippen LogP contribution in [0.1, 0.15) is 19.3 Å². The minimum absolute atomic E-state index is 0.0764. The van der Waals surface area contributed by atoms with Crippen LogP contribution in [0.2, 0.25) is 0 Å². The number of benzene rings is 1. The van der Waals surface area contributed by atoms with Crippen molar-refractivity contribution in [3.8, 4) is 5.69 Å². The molecule has 21 heavy (non-hydrogen) atoms. The maximum atomic E-state index is 12.5. The van der Waals surface area contributed by atoms with Gasteiger partial charge < -0.3 is 10.6 Å². The Morgan fingerprint density at radius 1 is 1.33 bits per heavy atom. The van der Waals surface area contributed by atoms with Gasteiger partial charge in [-0.05, 0) is 31.4 Å². The fraction of sp³-hybridized carbons (Fsp3) is 0.400. The SMILES string of the molecule is O=C(Nc1ccccc1-n1cncn1)C1CC2CCC1N2. The summed E-state index contributed by atoms with van der Waals surface area (Å²) < 4.78 is 1.66. The molecule has 2 fully saturated rings. The number of nitrogens with one attached hydrogen (secondary N) is 2. The number of amides is 1. The van der Waals surface area contributed by atoms with Gasteiger partial charge in [-0.2, -0.15) is 5.10 Å². The van der Waals surface area contributed by atoms with Crippen molar-refractivity contribution >= 4 is 11.6 Å². The van der Waals surface area contributed by atoms with Gasteiger partial charge in [0.15, 0.2) is 0 Å². The van der Waals surface area contributed by atoms with Gasteiger partial charge in [0.25, 0.3) is 0 Å². The molecule has 1 amide bonds. The Bertz CT molecular complexity index is 654. The molecule has 0 radical (unpaired) electrons. The van der Waals surface area contributed by atoms with Gasteiger partial charge >= 0.3 is 0 Å². The lowest BCUT2D eigenvalue weighted by molar-refractivity contribution is -0.120. The van der Waals surface area contributed by atoms with Crippen LogP contribution in [-0.2, 0) is 4.79 Å². The molecule has 2 N–H and O–H groups in total. The lowest BCUT2D eigenvalue weighted by Crippen LogP contribution is -2.33. The number of anilines is 1. The first kappa shape index (κ1) is 12.5. The van der Waals surface area contributed by atoms with E-state index in [-0.39, 0.29) is 11.8 Å². The fourth-order valence-corrected chi connectivity index (χ4v) is 3.45. The fourth-order valence-electron chi connectivity index (χ4n) is 3.45. The number of nitrogens with zero attached hydrogens (tertiary/aromatic N) is 3. The minimum atomic E-state index is 0.0764. The summed E-state index contributed by atoms with van der Waals surface area (Å²) in [7, 11) is 0. The number of rotatable bonds is 3. The highest BCUT2D eigenvalue weighted by atomic mass is 16.2. The highest BCUT2D eigenvalue weighted by Crippen LogP contribution is 2.34. The van der Waals surface area contributed by atoms with Gasteiger partial charge in [-0.1, -0.05) is 12.1 Å². The van der Waals surface area contributed by atoms with Crippen LogP contribution >= 0.6 is 0 Å². The first-order chi connectivity index (χ1) is 10.3. The highest BCUT2D eigenvalue weighted by molar-refractivity contribution is 5.95. The first-order valence-electron chi connectivity index (χ1n) is 7.32. The van der Waals surface area contributed by atoms with Gasteiger partial charge in [-0.15, -0.1) is 0 Å². The van der Waals surface area contributed by atoms with Crippen LogP contribution in [0.5, 0.6) is 0 Å². The van der Waals surface area contributed by atoms with Crippen molar-refractivity contribution in [1.29, 1.82) is 0 Å². The number of hydrogen-bond donors (Lipinski definition) is 2. The largest absolute Gasteiger partial charge is 0.324 e. The Hall–Kier alpha value is -2.21. The van der Waals surface area contributed by atoms with Crippen LogP contribution in [0.15, 0.2) is 36.9 Å². The third-order valence-corrected chi connectivity index (χ3v) is 4.46. The molecule has 2 aliphatic rings. The van der Waals surface area contributed by atoms with Crippen LogP contribution in [0, 0.1) is 5.92 Å². The number of para-hydroxylation sites is 2. The second-order valence-electron chi connectivity index (χ2n) is 5.74. The summed E-state index contributed by atoms with van der Waals surface area (Å²) in [6.45, 7) is 0. The van der Waals surface area contributed by atoms with E-state index in [0.29, 0.717) is 12.1 Å². The molecule has 2 aromatic rings. The van der Waals surface area contributed by atoms with Crippen molar-refractivity contribution in [3.63, 3.8) is 0 Å². The number of aromatic nitrogens is 3. The molecule has 3 unspecified atom stereocenters. The van der Waals surface area contributed by atoms with Crippen molar-refractivity contribution in [2.24, 2.45) is 5.92 Å². The molecule has 0 spiro atoms. The standard InChI is InChI=1S/C15H17N5O/c21-15(11-7-10-5-6-12(11)18-10)19-13-3-1-2-4-14(13)20-9-16-8-17-20/h1-4,8-12,18H,5-7H2,(H,19,21). The van der Waals surface area contributed by atoms with Crippen molar-refractivity contribution in [2.75, 3.05) is 5.32 Å². The molecule has 2 aliphatic heterocycles. The molecule has 0 saturated carbocycles. The molecule has 1 aromatic carbocycles. The Morgan fingerprint density at radius 3 is 2.95 bits per heavy atom. The normalized spacial score (nSPS) is 27.0. The van der Waals surface area contributed by atoms with E-state index >= 15 is 0 Å². The molecule has 4 rings (SSSR count). The van der Waals surface area contributed by atoms with E-state index in [0.717, 1.165) is 24.2 Å². The molecule has 3 heterocycles. The smallest absolute Gasteiger partial charge is 0.229 e. The number of hydrogen-bond acceptors (Lipinski definition) is 4. The van der Waals surface area contributed by atoms with Gasteiger partial charge in [-0.25, -0.2) is 9.67 Å². The zero-order valence-electron chi connectivity index (χ0n) is 11.6. The predicted molar refractivity (Wildman–Crippen MR) is 78.0 cm³/mol. The molecule has 2 bridgehead atoms. The van der Waals surface area contributed by atoms with Gasteiger partial charge in [0.1, 0.15) is 12.7 Å². The third kappa shape index (κ3) is 2.21. The van der Waals surface area contributed by atoms with E-state index in [1.165, 1.54) is 12.7 Å². The molecule has 2 saturated heterocycles. The monoisotopic (exact) mass is 283 g/mol. The van der Waals surface area contributed by atoms with E-state index in [9.17, 15) is 4.79 Å². The summed E-state index contributed by atoms with van der Waals surface area (Å²) in [5.74, 6) is 0.176. The molecule has 0 aliphatic carbocycles. The van der Waals surface area contributed by atoms with Crippen LogP contribution < -0.4 is 10.6 Å². The maximum absolute atomic E-state index is 12.5. The van der Waals surface area contributed by atoms with Crippen LogP contribution in [0.25, 0.3) is 5.69 Å². The van der Waals surface area contributed by atoms with Crippen LogP contribution in [0.4, 0.5) is 5.69 Å². The lowest BCUT2D eigenvalue weighted by Gasteiger charge is -2.20. The molecule has 3 atom stereocenters. The summed E-state index contributed by atoms with van der Waals surface area (Å²) in [4.78, 5) is 16.5. The van der Waals surface area contributed by atoms with Crippen molar-refractivity contribution in [2.45, 2.75) is 31.3 Å². The molecular formula is C15H17N5O. The van der Waals surface area contributed by atoms with E-state index < -0.39 is 0 Å². The van der Waals surface area contributed by atoms with E-state index in [1.807, 2.05) is 24.3 Å². The second-order valence-corrected chi connectivity index (χ2v) is 5.74. The van der Waals surface area contributed by atoms with Crippen molar-refractivity contribution in [1.82, 2.24) is 20.1 Å². The highest BCUT2D eigenvalue weighted by Gasteiger charge is 2.42. The summed E-state index contributed by atoms with van der Waals surface area (Å²) in [6.07, 6.45) is 6.36. The quantitative estimate of drug-likeness (QED) is 0.892. The third-order valence-electron chi connectivity index (χ3n) is 4.46. The summed E-state index contributed by atoms with van der Waals surface area (Å²) in [5.41, 5.74) is 1.61. The van der Waals surface area contributed by atoms with Crippen LogP contribution in [0.3, 0.4) is 0 Å². The van der Waals surface area contributed by atoms with Gasteiger partial charge in [0.2, 0.25) is 5.91 Å². The molecular weight excluding hydrogens is 266 g/mol. The summed E-state index contributed by atoms with van der Waals surface area (Å²) in [6, 6.07) is 8.52. The topological polar surface area (TPSA) is 71.8 Å². The number of carbonyl (C=O) groups is 1. The number of fused-ring (bicyclic) bond motifs is 2. The Kier molecular flexibility index (Phi) is 2.96. The second kappa shape index (κ2) is 4.96. The molecule has 6 nitrogen and oxygen atoms in total. The Balaban J connectivity index is 1.56. The van der Waals surface area contributed by atoms with Gasteiger partial charge in [0, 0.05) is 12.1 Å². The average Bonchev–Trinajstić information content (AvgIpc) is 3.25. The zero-order chi connectivity index (χ0) is 14.2. The van der Waals surface area contributed by atoms with Gasteiger partial charge in [-0.3, -0.25) is 4.79 Å². The maximum Gasteiger partial charge on any atom is 0.229 e.